The van der Waals surface area contributed by atoms with Gasteiger partial charge in [-0.25, -0.2) is 9.97 Å². The van der Waals surface area contributed by atoms with Crippen LogP contribution in [0.4, 0.5) is 5.69 Å². The predicted octanol–water partition coefficient (Wildman–Crippen LogP) is 2.73. The second kappa shape index (κ2) is 5.14. The first-order chi connectivity index (χ1) is 8.16. The lowest BCUT2D eigenvalue weighted by atomic mass is 10.1. The number of rotatable bonds is 3. The lowest BCUT2D eigenvalue weighted by molar-refractivity contribution is 0.799. The van der Waals surface area contributed by atoms with Crippen LogP contribution in [0.15, 0.2) is 40.8 Å². The van der Waals surface area contributed by atoms with Crippen LogP contribution in [-0.2, 0) is 0 Å². The van der Waals surface area contributed by atoms with Gasteiger partial charge in [-0.2, -0.15) is 0 Å². The molecular weight excluding hydrogens is 232 g/mol. The third-order valence-corrected chi connectivity index (χ3v) is 3.30. The van der Waals surface area contributed by atoms with Crippen molar-refractivity contribution in [2.75, 3.05) is 5.73 Å². The van der Waals surface area contributed by atoms with Crippen molar-refractivity contribution in [2.24, 2.45) is 0 Å². The Balaban J connectivity index is 2.25. The maximum atomic E-state index is 5.84. The van der Waals surface area contributed by atoms with Crippen LogP contribution >= 0.6 is 11.8 Å². The van der Waals surface area contributed by atoms with Crippen molar-refractivity contribution >= 4 is 17.4 Å². The van der Waals surface area contributed by atoms with Gasteiger partial charge in [-0.15, -0.1) is 0 Å². The first kappa shape index (κ1) is 11.9. The first-order valence-corrected chi connectivity index (χ1v) is 6.17. The molecule has 0 amide bonds. The monoisotopic (exact) mass is 246 g/mol. The molecule has 0 aliphatic carbocycles. The molecule has 0 unspecified atom stereocenters. The summed E-state index contributed by atoms with van der Waals surface area (Å²) in [5, 5.41) is 0.904. The van der Waals surface area contributed by atoms with Crippen molar-refractivity contribution in [1.29, 1.82) is 0 Å². The summed E-state index contributed by atoms with van der Waals surface area (Å²) in [7, 11) is 0. The van der Waals surface area contributed by atoms with E-state index in [1.807, 2.05) is 12.1 Å². The topological polar surface area (TPSA) is 64.7 Å². The Labute approximate surface area is 105 Å². The molecule has 5 heteroatoms. The van der Waals surface area contributed by atoms with E-state index in [1.54, 1.807) is 18.7 Å². The molecule has 2 N–H and O–H groups in total. The predicted molar refractivity (Wildman–Crippen MR) is 68.9 cm³/mol. The number of nitrogens with two attached hydrogens (primary N) is 1. The Hall–Kier alpha value is -1.62. The van der Waals surface area contributed by atoms with Crippen LogP contribution in [0, 0.1) is 0 Å². The van der Waals surface area contributed by atoms with Crippen LogP contribution in [0.1, 0.15) is 25.5 Å². The molecule has 88 valence electrons. The number of anilines is 1. The van der Waals surface area contributed by atoms with Crippen molar-refractivity contribution in [1.82, 2.24) is 15.0 Å². The Kier molecular flexibility index (Phi) is 3.58. The van der Waals surface area contributed by atoms with Gasteiger partial charge in [0.15, 0.2) is 0 Å². The van der Waals surface area contributed by atoms with Gasteiger partial charge in [0.05, 0.1) is 11.9 Å². The molecule has 17 heavy (non-hydrogen) atoms. The van der Waals surface area contributed by atoms with E-state index in [9.17, 15) is 0 Å². The lowest BCUT2D eigenvalue weighted by Crippen LogP contribution is -1.95. The fourth-order valence-corrected chi connectivity index (χ4v) is 2.13. The van der Waals surface area contributed by atoms with E-state index >= 15 is 0 Å². The Morgan fingerprint density at radius 3 is 2.82 bits per heavy atom. The molecule has 0 atom stereocenters. The molecule has 4 nitrogen and oxygen atoms in total. The van der Waals surface area contributed by atoms with Gasteiger partial charge in [-0.05, 0) is 18.1 Å². The lowest BCUT2D eigenvalue weighted by Gasteiger charge is -2.07. The highest BCUT2D eigenvalue weighted by Gasteiger charge is 2.06. The minimum absolute atomic E-state index is 0.395. The molecule has 0 aromatic carbocycles. The summed E-state index contributed by atoms with van der Waals surface area (Å²) in [6.45, 7) is 4.22. The summed E-state index contributed by atoms with van der Waals surface area (Å²) in [5.74, 6) is 0.395. The van der Waals surface area contributed by atoms with E-state index in [1.165, 1.54) is 11.8 Å². The fraction of sp³-hybridized carbons (Fsp3) is 0.250. The molecule has 0 saturated heterocycles. The van der Waals surface area contributed by atoms with Crippen LogP contribution in [0.3, 0.4) is 0 Å². The molecule has 0 spiro atoms. The van der Waals surface area contributed by atoms with Crippen molar-refractivity contribution in [3.63, 3.8) is 0 Å². The summed E-state index contributed by atoms with van der Waals surface area (Å²) in [6.07, 6.45) is 4.96. The van der Waals surface area contributed by atoms with Gasteiger partial charge >= 0.3 is 0 Å². The maximum Gasteiger partial charge on any atom is 0.116 e. The third kappa shape index (κ3) is 2.94. The van der Waals surface area contributed by atoms with Crippen LogP contribution in [0.5, 0.6) is 0 Å². The summed E-state index contributed by atoms with van der Waals surface area (Å²) >= 11 is 1.53. The average molecular weight is 246 g/mol. The zero-order valence-electron chi connectivity index (χ0n) is 9.79. The van der Waals surface area contributed by atoms with E-state index in [2.05, 4.69) is 28.8 Å². The first-order valence-electron chi connectivity index (χ1n) is 5.36. The zero-order chi connectivity index (χ0) is 12.3. The molecule has 2 heterocycles. The third-order valence-electron chi connectivity index (χ3n) is 2.28. The van der Waals surface area contributed by atoms with Crippen molar-refractivity contribution in [3.05, 3.63) is 36.5 Å². The Bertz CT molecular complexity index is 513. The molecular formula is C12H14N4S. The molecule has 0 saturated carbocycles. The second-order valence-electron chi connectivity index (χ2n) is 3.95. The highest BCUT2D eigenvalue weighted by molar-refractivity contribution is 7.99. The summed E-state index contributed by atoms with van der Waals surface area (Å²) < 4.78 is 0. The van der Waals surface area contributed by atoms with E-state index in [0.29, 0.717) is 11.6 Å². The van der Waals surface area contributed by atoms with Crippen LogP contribution in [-0.4, -0.2) is 15.0 Å². The van der Waals surface area contributed by atoms with Gasteiger partial charge in [0.2, 0.25) is 0 Å². The molecule has 2 aromatic rings. The smallest absolute Gasteiger partial charge is 0.116 e. The van der Waals surface area contributed by atoms with Gasteiger partial charge in [0, 0.05) is 16.8 Å². The van der Waals surface area contributed by atoms with Crippen molar-refractivity contribution < 1.29 is 0 Å². The standard InChI is InChI=1S/C12H14N4S/c1-8(2)10-5-12(16-7-15-10)17-11-3-4-14-6-9(11)13/h3-8H,13H2,1-2H3. The number of hydrogen-bond donors (Lipinski definition) is 1. The van der Waals surface area contributed by atoms with Gasteiger partial charge in [-0.3, -0.25) is 4.98 Å². The minimum atomic E-state index is 0.395. The molecule has 0 aliphatic rings. The van der Waals surface area contributed by atoms with E-state index in [4.69, 9.17) is 5.73 Å². The van der Waals surface area contributed by atoms with Crippen LogP contribution in [0.25, 0.3) is 0 Å². The van der Waals surface area contributed by atoms with Crippen molar-refractivity contribution in [2.45, 2.75) is 29.7 Å². The van der Waals surface area contributed by atoms with Crippen molar-refractivity contribution in [3.8, 4) is 0 Å². The van der Waals surface area contributed by atoms with E-state index in [0.717, 1.165) is 15.6 Å². The largest absolute Gasteiger partial charge is 0.397 e. The zero-order valence-corrected chi connectivity index (χ0v) is 10.6. The molecule has 0 fully saturated rings. The molecule has 2 aromatic heterocycles. The quantitative estimate of drug-likeness (QED) is 0.843. The summed E-state index contributed by atoms with van der Waals surface area (Å²) in [6, 6.07) is 3.88. The van der Waals surface area contributed by atoms with E-state index < -0.39 is 0 Å². The number of hydrogen-bond acceptors (Lipinski definition) is 5. The second-order valence-corrected chi connectivity index (χ2v) is 5.01. The average Bonchev–Trinajstić information content (AvgIpc) is 2.32. The number of aromatic nitrogens is 3. The molecule has 0 radical (unpaired) electrons. The van der Waals surface area contributed by atoms with Gasteiger partial charge in [-0.1, -0.05) is 25.6 Å². The van der Waals surface area contributed by atoms with Crippen LogP contribution in [0.2, 0.25) is 0 Å². The summed E-state index contributed by atoms with van der Waals surface area (Å²) in [4.78, 5) is 13.4. The maximum absolute atomic E-state index is 5.84. The minimum Gasteiger partial charge on any atom is -0.397 e. The summed E-state index contributed by atoms with van der Waals surface area (Å²) in [5.41, 5.74) is 7.55. The molecule has 2 rings (SSSR count). The highest BCUT2D eigenvalue weighted by atomic mass is 32.2. The van der Waals surface area contributed by atoms with Gasteiger partial charge in [0.25, 0.3) is 0 Å². The molecule has 0 aliphatic heterocycles. The fourth-order valence-electron chi connectivity index (χ4n) is 1.32. The van der Waals surface area contributed by atoms with Gasteiger partial charge < -0.3 is 5.73 Å². The normalized spacial score (nSPS) is 10.8. The molecule has 0 bridgehead atoms. The number of nitrogens with zero attached hydrogens (tertiary/aromatic N) is 3. The van der Waals surface area contributed by atoms with Crippen LogP contribution < -0.4 is 5.73 Å². The SMILES string of the molecule is CC(C)c1cc(Sc2ccncc2N)ncn1. The highest BCUT2D eigenvalue weighted by Crippen LogP contribution is 2.30. The van der Waals surface area contributed by atoms with Gasteiger partial charge in [0.1, 0.15) is 11.4 Å². The number of nitrogen functional groups attached to an aromatic ring is 1. The Morgan fingerprint density at radius 2 is 2.12 bits per heavy atom. The Morgan fingerprint density at radius 1 is 1.29 bits per heavy atom. The number of pyridine rings is 1. The van der Waals surface area contributed by atoms with E-state index in [-0.39, 0.29) is 0 Å².